The molecule has 320 valence electrons. The second-order valence-corrected chi connectivity index (χ2v) is 17.8. The predicted molar refractivity (Wildman–Crippen MR) is 227 cm³/mol. The molecule has 0 spiro atoms. The first kappa shape index (κ1) is 46.5. The lowest BCUT2D eigenvalue weighted by Gasteiger charge is -2.32. The van der Waals surface area contributed by atoms with E-state index in [1.165, 1.54) is 58.3 Å². The molecule has 2 N–H and O–H groups in total. The molecule has 1 saturated carbocycles. The summed E-state index contributed by atoms with van der Waals surface area (Å²) in [5.74, 6) is -0.138. The fourth-order valence-corrected chi connectivity index (χ4v) is 8.73. The monoisotopic (exact) mass is 803 g/mol. The highest BCUT2D eigenvalue weighted by molar-refractivity contribution is 5.84. The van der Waals surface area contributed by atoms with Gasteiger partial charge < -0.3 is 29.6 Å². The van der Waals surface area contributed by atoms with Gasteiger partial charge >= 0.3 is 24.0 Å². The Morgan fingerprint density at radius 2 is 1.43 bits per heavy atom. The van der Waals surface area contributed by atoms with Gasteiger partial charge in [-0.3, -0.25) is 14.4 Å². The molecule has 1 aliphatic heterocycles. The Hall–Kier alpha value is -4.18. The summed E-state index contributed by atoms with van der Waals surface area (Å²) < 4.78 is 21.3. The molecule has 10 heteroatoms. The number of carbonyl (C=O) groups is 4. The number of rotatable bonds is 16. The summed E-state index contributed by atoms with van der Waals surface area (Å²) >= 11 is 0. The van der Waals surface area contributed by atoms with E-state index in [0.29, 0.717) is 51.1 Å². The molecule has 0 bridgehead atoms. The van der Waals surface area contributed by atoms with Crippen LogP contribution in [0.3, 0.4) is 0 Å². The predicted octanol–water partition coefficient (Wildman–Crippen LogP) is 9.67. The van der Waals surface area contributed by atoms with E-state index in [1.54, 1.807) is 4.90 Å². The van der Waals surface area contributed by atoms with Crippen molar-refractivity contribution in [3.63, 3.8) is 0 Å². The summed E-state index contributed by atoms with van der Waals surface area (Å²) in [6, 6.07) is 19.7. The second-order valence-electron chi connectivity index (χ2n) is 17.8. The molecule has 2 aliphatic carbocycles. The highest BCUT2D eigenvalue weighted by Crippen LogP contribution is 2.40. The molecular formula is C48H70N2O8. The Morgan fingerprint density at radius 3 is 2.03 bits per heavy atom. The van der Waals surface area contributed by atoms with Crippen molar-refractivity contribution in [3.8, 4) is 0 Å². The molecule has 2 fully saturated rings. The lowest BCUT2D eigenvalue weighted by Crippen LogP contribution is -2.50. The van der Waals surface area contributed by atoms with E-state index in [4.69, 9.17) is 24.7 Å². The number of ether oxygens (including phenoxy) is 4. The zero-order valence-electron chi connectivity index (χ0n) is 35.9. The molecule has 1 amide bonds. The second kappa shape index (κ2) is 22.8. The molecule has 3 aliphatic rings. The zero-order chi connectivity index (χ0) is 42.0. The number of allylic oxidation sites excluding steroid dienone is 2. The van der Waals surface area contributed by atoms with Crippen LogP contribution in [-0.4, -0.2) is 67.4 Å². The summed E-state index contributed by atoms with van der Waals surface area (Å²) in [5, 5.41) is 0. The van der Waals surface area contributed by atoms with Crippen molar-refractivity contribution in [2.24, 2.45) is 23.0 Å². The van der Waals surface area contributed by atoms with Gasteiger partial charge in [-0.05, 0) is 114 Å². The van der Waals surface area contributed by atoms with Gasteiger partial charge in [-0.15, -0.1) is 0 Å². The third-order valence-electron chi connectivity index (χ3n) is 11.9. The minimum absolute atomic E-state index is 0.0245. The average Bonchev–Trinajstić information content (AvgIpc) is 3.70. The highest BCUT2D eigenvalue weighted by atomic mass is 16.6. The largest absolute Gasteiger partial charge is 0.469 e. The van der Waals surface area contributed by atoms with Crippen molar-refractivity contribution < 1.29 is 38.1 Å². The van der Waals surface area contributed by atoms with E-state index >= 15 is 0 Å². The number of esters is 3. The van der Waals surface area contributed by atoms with Crippen LogP contribution in [0.1, 0.15) is 135 Å². The number of hydrogen-bond acceptors (Lipinski definition) is 9. The zero-order valence-corrected chi connectivity index (χ0v) is 35.9. The molecule has 5 rings (SSSR count). The molecule has 2 aromatic carbocycles. The van der Waals surface area contributed by atoms with Crippen molar-refractivity contribution in [1.82, 2.24) is 4.90 Å². The minimum atomic E-state index is -0.958. The Kier molecular flexibility index (Phi) is 18.3. The molecular weight excluding hydrogens is 733 g/mol. The van der Waals surface area contributed by atoms with Crippen LogP contribution in [-0.2, 0) is 46.4 Å². The molecule has 2 aromatic rings. The number of likely N-dealkylation sites (tertiary alicyclic amines) is 1. The first-order valence-electron chi connectivity index (χ1n) is 21.6. The first-order valence-corrected chi connectivity index (χ1v) is 21.6. The summed E-state index contributed by atoms with van der Waals surface area (Å²) in [5.41, 5.74) is 7.51. The van der Waals surface area contributed by atoms with Crippen LogP contribution in [0.2, 0.25) is 0 Å². The Balaban J connectivity index is 0.000000259. The number of nitrogens with two attached hydrogens (primary N) is 1. The SMILES string of the molecule is COC(=O)C(CCc1ccccc1)(CC(=O)OCc1ccccc1)CC1=CCCCC1.COC(=O)C(N)(CCC1CCCCC1)CC1CCN(C(=O)OC(C)(C)C)C1. The van der Waals surface area contributed by atoms with E-state index in [1.807, 2.05) is 69.3 Å². The van der Waals surface area contributed by atoms with Crippen molar-refractivity contribution in [3.05, 3.63) is 83.4 Å². The maximum Gasteiger partial charge on any atom is 0.410 e. The van der Waals surface area contributed by atoms with Crippen LogP contribution in [0.5, 0.6) is 0 Å². The van der Waals surface area contributed by atoms with Crippen molar-refractivity contribution in [1.29, 1.82) is 0 Å². The van der Waals surface area contributed by atoms with Crippen LogP contribution in [0, 0.1) is 17.3 Å². The number of benzene rings is 2. The summed E-state index contributed by atoms with van der Waals surface area (Å²) in [6.45, 7) is 7.05. The number of hydrogen-bond donors (Lipinski definition) is 1. The van der Waals surface area contributed by atoms with Gasteiger partial charge in [0.05, 0.1) is 26.1 Å². The number of nitrogens with zero attached hydrogens (tertiary/aromatic N) is 1. The van der Waals surface area contributed by atoms with Crippen LogP contribution >= 0.6 is 0 Å². The summed E-state index contributed by atoms with van der Waals surface area (Å²) in [6.07, 6.45) is 17.5. The van der Waals surface area contributed by atoms with Crippen LogP contribution in [0.15, 0.2) is 72.3 Å². The Bertz CT molecular complexity index is 1620. The van der Waals surface area contributed by atoms with Crippen LogP contribution < -0.4 is 5.73 Å². The minimum Gasteiger partial charge on any atom is -0.469 e. The molecule has 10 nitrogen and oxygen atoms in total. The number of methoxy groups -OCH3 is 2. The van der Waals surface area contributed by atoms with E-state index in [9.17, 15) is 19.2 Å². The van der Waals surface area contributed by atoms with Gasteiger partial charge in [-0.1, -0.05) is 104 Å². The average molecular weight is 803 g/mol. The summed E-state index contributed by atoms with van der Waals surface area (Å²) in [7, 11) is 2.82. The van der Waals surface area contributed by atoms with E-state index in [-0.39, 0.29) is 42.9 Å². The van der Waals surface area contributed by atoms with Gasteiger partial charge in [0, 0.05) is 13.1 Å². The molecule has 1 heterocycles. The van der Waals surface area contributed by atoms with Crippen molar-refractivity contribution in [2.45, 2.75) is 148 Å². The van der Waals surface area contributed by atoms with Crippen molar-refractivity contribution in [2.75, 3.05) is 27.3 Å². The van der Waals surface area contributed by atoms with Gasteiger partial charge in [0.1, 0.15) is 17.7 Å². The smallest absolute Gasteiger partial charge is 0.410 e. The van der Waals surface area contributed by atoms with Crippen molar-refractivity contribution >= 4 is 24.0 Å². The number of amides is 1. The maximum absolute atomic E-state index is 13.1. The Labute approximate surface area is 347 Å². The highest BCUT2D eigenvalue weighted by Gasteiger charge is 2.43. The van der Waals surface area contributed by atoms with Crippen LogP contribution in [0.25, 0.3) is 0 Å². The van der Waals surface area contributed by atoms with Gasteiger partial charge in [0.2, 0.25) is 0 Å². The molecule has 3 unspecified atom stereocenters. The first-order chi connectivity index (χ1) is 27.7. The number of carbonyl (C=O) groups excluding carboxylic acids is 4. The fourth-order valence-electron chi connectivity index (χ4n) is 8.73. The van der Waals surface area contributed by atoms with Crippen LogP contribution in [0.4, 0.5) is 4.79 Å². The lowest BCUT2D eigenvalue weighted by atomic mass is 9.72. The molecule has 1 saturated heterocycles. The Morgan fingerprint density at radius 1 is 0.776 bits per heavy atom. The lowest BCUT2D eigenvalue weighted by molar-refractivity contribution is -0.161. The topological polar surface area (TPSA) is 134 Å². The van der Waals surface area contributed by atoms with E-state index in [2.05, 4.69) is 18.2 Å². The molecule has 58 heavy (non-hydrogen) atoms. The van der Waals surface area contributed by atoms with E-state index < -0.39 is 16.6 Å². The standard InChI is InChI=1S/C27H32O4.C21H38N2O4/c1-30-26(29)27(19-23-13-7-3-8-14-23,18-17-22-11-5-2-6-12-22)20-25(28)31-21-24-15-9-4-10-16-24;1-20(2,3)27-19(25)23-13-11-17(15-23)14-21(22,18(24)26-4)12-10-16-8-6-5-7-9-16/h2,4-6,9-13,15-16H,3,7-8,14,17-21H2,1H3;16-17H,5-15,22H2,1-4H3. The van der Waals surface area contributed by atoms with Gasteiger partial charge in [-0.25, -0.2) is 4.79 Å². The molecule has 0 aromatic heterocycles. The van der Waals surface area contributed by atoms with E-state index in [0.717, 1.165) is 43.2 Å². The van der Waals surface area contributed by atoms with Gasteiger partial charge in [0.15, 0.2) is 0 Å². The molecule has 3 atom stereocenters. The quantitative estimate of drug-likeness (QED) is 0.100. The normalized spacial score (nSPS) is 19.3. The number of aryl methyl sites for hydroxylation is 1. The fraction of sp³-hybridized carbons (Fsp3) is 0.625. The molecule has 0 radical (unpaired) electrons. The van der Waals surface area contributed by atoms with Gasteiger partial charge in [-0.2, -0.15) is 0 Å². The maximum atomic E-state index is 13.1. The van der Waals surface area contributed by atoms with Gasteiger partial charge in [0.25, 0.3) is 0 Å². The third kappa shape index (κ3) is 15.2. The third-order valence-corrected chi connectivity index (χ3v) is 11.9. The summed E-state index contributed by atoms with van der Waals surface area (Å²) in [4.78, 5) is 52.4.